The minimum absolute atomic E-state index is 0.431. The number of nitrogens with zero attached hydrogens (tertiary/aromatic N) is 1. The highest BCUT2D eigenvalue weighted by molar-refractivity contribution is 5.45. The van der Waals surface area contributed by atoms with Gasteiger partial charge < -0.3 is 11.1 Å². The molecule has 0 fully saturated rings. The van der Waals surface area contributed by atoms with Crippen LogP contribution in [0.4, 0.5) is 11.5 Å². The van der Waals surface area contributed by atoms with Crippen LogP contribution in [0.15, 0.2) is 18.3 Å². The van der Waals surface area contributed by atoms with Gasteiger partial charge in [0.2, 0.25) is 0 Å². The Morgan fingerprint density at radius 2 is 2.18 bits per heavy atom. The first-order valence-corrected chi connectivity index (χ1v) is 3.66. The lowest BCUT2D eigenvalue weighted by molar-refractivity contribution is 0.898. The second-order valence-electron chi connectivity index (χ2n) is 2.77. The van der Waals surface area contributed by atoms with E-state index in [0.717, 1.165) is 5.69 Å². The van der Waals surface area contributed by atoms with Crippen LogP contribution in [0.5, 0.6) is 0 Å². The molecule has 0 saturated carbocycles. The third-order valence-electron chi connectivity index (χ3n) is 1.24. The summed E-state index contributed by atoms with van der Waals surface area (Å²) in [5.41, 5.74) is 6.43. The highest BCUT2D eigenvalue weighted by Gasteiger charge is 1.93. The lowest BCUT2D eigenvalue weighted by Crippen LogP contribution is -2.09. The molecule has 1 aromatic rings. The smallest absolute Gasteiger partial charge is 0.123 e. The maximum absolute atomic E-state index is 5.42. The summed E-state index contributed by atoms with van der Waals surface area (Å²) in [5.74, 6) is 0.555. The number of hydrogen-bond acceptors (Lipinski definition) is 3. The Kier molecular flexibility index (Phi) is 2.31. The fourth-order valence-electron chi connectivity index (χ4n) is 0.824. The molecule has 0 spiro atoms. The Balaban J connectivity index is 2.66. The van der Waals surface area contributed by atoms with Crippen molar-refractivity contribution in [3.8, 4) is 0 Å². The predicted molar refractivity (Wildman–Crippen MR) is 47.4 cm³/mol. The number of nitrogens with two attached hydrogens (primary N) is 1. The van der Waals surface area contributed by atoms with Crippen molar-refractivity contribution < 1.29 is 0 Å². The summed E-state index contributed by atoms with van der Waals surface area (Å²) < 4.78 is 0. The molecule has 0 aromatic carbocycles. The normalized spacial score (nSPS) is 10.1. The second kappa shape index (κ2) is 3.23. The molecule has 0 saturated heterocycles. The molecule has 0 aliphatic rings. The van der Waals surface area contributed by atoms with Gasteiger partial charge in [-0.15, -0.1) is 0 Å². The number of hydrogen-bond donors (Lipinski definition) is 2. The van der Waals surface area contributed by atoms with Gasteiger partial charge in [0.1, 0.15) is 5.82 Å². The molecule has 3 heteroatoms. The van der Waals surface area contributed by atoms with E-state index in [2.05, 4.69) is 24.1 Å². The Morgan fingerprint density at radius 1 is 1.45 bits per heavy atom. The molecule has 60 valence electrons. The molecule has 0 unspecified atom stereocenters. The molecule has 0 amide bonds. The van der Waals surface area contributed by atoms with Gasteiger partial charge in [0.25, 0.3) is 0 Å². The van der Waals surface area contributed by atoms with E-state index in [1.54, 1.807) is 12.3 Å². The van der Waals surface area contributed by atoms with Gasteiger partial charge >= 0.3 is 0 Å². The van der Waals surface area contributed by atoms with Crippen molar-refractivity contribution in [3.63, 3.8) is 0 Å². The number of aromatic nitrogens is 1. The molecule has 3 nitrogen and oxygen atoms in total. The number of nitrogen functional groups attached to an aromatic ring is 1. The van der Waals surface area contributed by atoms with E-state index in [-0.39, 0.29) is 0 Å². The minimum Gasteiger partial charge on any atom is -0.384 e. The highest BCUT2D eigenvalue weighted by Crippen LogP contribution is 2.07. The Morgan fingerprint density at radius 3 is 2.64 bits per heavy atom. The molecule has 0 atom stereocenters. The first-order valence-electron chi connectivity index (χ1n) is 3.66. The van der Waals surface area contributed by atoms with Crippen molar-refractivity contribution in [2.45, 2.75) is 19.9 Å². The molecule has 0 aliphatic heterocycles. The summed E-state index contributed by atoms with van der Waals surface area (Å²) in [7, 11) is 0. The summed E-state index contributed by atoms with van der Waals surface area (Å²) in [6.45, 7) is 4.16. The SMILES string of the molecule is CC(C)Nc1ccc(N)nc1. The summed E-state index contributed by atoms with van der Waals surface area (Å²) >= 11 is 0. The van der Waals surface area contributed by atoms with Crippen LogP contribution in [-0.2, 0) is 0 Å². The standard InChI is InChI=1S/C8H13N3/c1-6(2)11-7-3-4-8(9)10-5-7/h3-6,11H,1-2H3,(H2,9,10). The predicted octanol–water partition coefficient (Wildman–Crippen LogP) is 1.48. The fourth-order valence-corrected chi connectivity index (χ4v) is 0.824. The van der Waals surface area contributed by atoms with Crippen LogP contribution in [0, 0.1) is 0 Å². The number of nitrogens with one attached hydrogen (secondary N) is 1. The van der Waals surface area contributed by atoms with E-state index in [4.69, 9.17) is 5.73 Å². The van der Waals surface area contributed by atoms with Crippen molar-refractivity contribution in [2.75, 3.05) is 11.1 Å². The zero-order valence-electron chi connectivity index (χ0n) is 6.83. The van der Waals surface area contributed by atoms with Gasteiger partial charge in [0.15, 0.2) is 0 Å². The topological polar surface area (TPSA) is 50.9 Å². The lowest BCUT2D eigenvalue weighted by atomic mass is 10.3. The van der Waals surface area contributed by atoms with Crippen LogP contribution >= 0.6 is 0 Å². The van der Waals surface area contributed by atoms with Gasteiger partial charge in [0, 0.05) is 6.04 Å². The van der Waals surface area contributed by atoms with E-state index in [1.165, 1.54) is 0 Å². The average molecular weight is 151 g/mol. The summed E-state index contributed by atoms with van der Waals surface area (Å²) in [4.78, 5) is 3.95. The largest absolute Gasteiger partial charge is 0.384 e. The zero-order valence-corrected chi connectivity index (χ0v) is 6.83. The monoisotopic (exact) mass is 151 g/mol. The van der Waals surface area contributed by atoms with Crippen LogP contribution in [0.1, 0.15) is 13.8 Å². The fraction of sp³-hybridized carbons (Fsp3) is 0.375. The van der Waals surface area contributed by atoms with Gasteiger partial charge in [-0.05, 0) is 26.0 Å². The summed E-state index contributed by atoms with van der Waals surface area (Å²) in [6.07, 6.45) is 1.73. The van der Waals surface area contributed by atoms with E-state index >= 15 is 0 Å². The second-order valence-corrected chi connectivity index (χ2v) is 2.77. The van der Waals surface area contributed by atoms with Crippen molar-refractivity contribution in [3.05, 3.63) is 18.3 Å². The molecule has 1 aromatic heterocycles. The molecular weight excluding hydrogens is 138 g/mol. The van der Waals surface area contributed by atoms with Crippen molar-refractivity contribution >= 4 is 11.5 Å². The average Bonchev–Trinajstić information content (AvgIpc) is 1.93. The molecule has 1 rings (SSSR count). The Hall–Kier alpha value is -1.25. The number of rotatable bonds is 2. The quantitative estimate of drug-likeness (QED) is 0.673. The molecule has 0 aliphatic carbocycles. The molecule has 3 N–H and O–H groups in total. The maximum atomic E-state index is 5.42. The third-order valence-corrected chi connectivity index (χ3v) is 1.24. The van der Waals surface area contributed by atoms with Crippen LogP contribution in [-0.4, -0.2) is 11.0 Å². The molecule has 11 heavy (non-hydrogen) atoms. The summed E-state index contributed by atoms with van der Waals surface area (Å²) in [5, 5.41) is 3.21. The van der Waals surface area contributed by atoms with E-state index in [1.807, 2.05) is 6.07 Å². The number of pyridine rings is 1. The van der Waals surface area contributed by atoms with Gasteiger partial charge in [-0.3, -0.25) is 0 Å². The van der Waals surface area contributed by atoms with Gasteiger partial charge in [-0.2, -0.15) is 0 Å². The molecule has 1 heterocycles. The highest BCUT2D eigenvalue weighted by atomic mass is 14.9. The van der Waals surface area contributed by atoms with E-state index in [9.17, 15) is 0 Å². The number of anilines is 2. The Bertz CT molecular complexity index is 215. The van der Waals surface area contributed by atoms with Gasteiger partial charge in [-0.1, -0.05) is 0 Å². The minimum atomic E-state index is 0.431. The zero-order chi connectivity index (χ0) is 8.27. The lowest BCUT2D eigenvalue weighted by Gasteiger charge is -2.08. The van der Waals surface area contributed by atoms with Crippen molar-refractivity contribution in [1.29, 1.82) is 0 Å². The van der Waals surface area contributed by atoms with E-state index in [0.29, 0.717) is 11.9 Å². The third kappa shape index (κ3) is 2.45. The van der Waals surface area contributed by atoms with Crippen LogP contribution in [0.2, 0.25) is 0 Å². The van der Waals surface area contributed by atoms with Crippen molar-refractivity contribution in [2.24, 2.45) is 0 Å². The summed E-state index contributed by atoms with van der Waals surface area (Å²) in [6, 6.07) is 4.13. The van der Waals surface area contributed by atoms with Crippen LogP contribution < -0.4 is 11.1 Å². The molecule has 0 radical (unpaired) electrons. The van der Waals surface area contributed by atoms with Gasteiger partial charge in [0.05, 0.1) is 11.9 Å². The maximum Gasteiger partial charge on any atom is 0.123 e. The van der Waals surface area contributed by atoms with E-state index < -0.39 is 0 Å². The molecular formula is C8H13N3. The first kappa shape index (κ1) is 7.85. The first-order chi connectivity index (χ1) is 5.18. The van der Waals surface area contributed by atoms with Crippen LogP contribution in [0.3, 0.4) is 0 Å². The Labute approximate surface area is 66.6 Å². The molecule has 0 bridgehead atoms. The van der Waals surface area contributed by atoms with Crippen molar-refractivity contribution in [1.82, 2.24) is 4.98 Å². The van der Waals surface area contributed by atoms with Crippen LogP contribution in [0.25, 0.3) is 0 Å². The van der Waals surface area contributed by atoms with Gasteiger partial charge in [-0.25, -0.2) is 4.98 Å².